The maximum absolute atomic E-state index is 4.14. The summed E-state index contributed by atoms with van der Waals surface area (Å²) in [4.78, 5) is 0. The van der Waals surface area contributed by atoms with Crippen molar-refractivity contribution in [2.75, 3.05) is 0 Å². The Morgan fingerprint density at radius 1 is 1.36 bits per heavy atom. The molecule has 3 nitrogen and oxygen atoms in total. The lowest BCUT2D eigenvalue weighted by molar-refractivity contribution is 0.576. The van der Waals surface area contributed by atoms with Crippen molar-refractivity contribution in [3.05, 3.63) is 11.4 Å². The van der Waals surface area contributed by atoms with Crippen molar-refractivity contribution in [2.45, 2.75) is 39.2 Å². The number of aromatic nitrogens is 3. The molecule has 0 saturated heterocycles. The van der Waals surface area contributed by atoms with Crippen molar-refractivity contribution in [3.8, 4) is 0 Å². The summed E-state index contributed by atoms with van der Waals surface area (Å²) in [6, 6.07) is 0. The zero-order chi connectivity index (χ0) is 7.68. The molecule has 0 N–H and O–H groups in total. The molecule has 0 radical (unpaired) electrons. The molecule has 0 amide bonds. The second kappa shape index (κ2) is 2.64. The van der Waals surface area contributed by atoms with Gasteiger partial charge in [-0.15, -0.1) is 5.10 Å². The highest BCUT2D eigenvalue weighted by Crippen LogP contribution is 2.17. The molecule has 0 unspecified atom stereocenters. The first-order valence-corrected chi connectivity index (χ1v) is 4.33. The Morgan fingerprint density at radius 3 is 3.00 bits per heavy atom. The Morgan fingerprint density at radius 2 is 2.18 bits per heavy atom. The van der Waals surface area contributed by atoms with Crippen molar-refractivity contribution in [1.29, 1.82) is 0 Å². The van der Waals surface area contributed by atoms with Gasteiger partial charge in [0.05, 0.1) is 11.4 Å². The first kappa shape index (κ1) is 6.83. The Labute approximate surface area is 66.4 Å². The summed E-state index contributed by atoms with van der Waals surface area (Å²) in [5.41, 5.74) is 2.61. The summed E-state index contributed by atoms with van der Waals surface area (Å²) in [6.45, 7) is 3.08. The maximum atomic E-state index is 4.14. The predicted octanol–water partition coefficient (Wildman–Crippen LogP) is 1.18. The Balaban J connectivity index is 2.38. The summed E-state index contributed by atoms with van der Waals surface area (Å²) in [6.07, 6.45) is 4.90. The van der Waals surface area contributed by atoms with E-state index in [4.69, 9.17) is 0 Å². The molecule has 1 aliphatic rings. The normalized spacial score (nSPS) is 16.5. The van der Waals surface area contributed by atoms with Crippen molar-refractivity contribution in [3.63, 3.8) is 0 Å². The number of hydrogen-bond acceptors (Lipinski definition) is 2. The van der Waals surface area contributed by atoms with Crippen LogP contribution in [0.3, 0.4) is 0 Å². The second-order valence-corrected chi connectivity index (χ2v) is 3.01. The molecule has 1 aromatic rings. The van der Waals surface area contributed by atoms with Gasteiger partial charge in [-0.3, -0.25) is 0 Å². The van der Waals surface area contributed by atoms with Gasteiger partial charge in [0.25, 0.3) is 0 Å². The summed E-state index contributed by atoms with van der Waals surface area (Å²) in [7, 11) is 0. The third-order valence-corrected chi connectivity index (χ3v) is 2.29. The Hall–Kier alpha value is -0.860. The number of fused-ring (bicyclic) bond motifs is 1. The van der Waals surface area contributed by atoms with E-state index in [1.165, 1.54) is 30.7 Å². The quantitative estimate of drug-likeness (QED) is 0.603. The molecule has 1 aromatic heterocycles. The smallest absolute Gasteiger partial charge is 0.0859 e. The lowest BCUT2D eigenvalue weighted by atomic mass is 10.0. The van der Waals surface area contributed by atoms with Crippen molar-refractivity contribution in [1.82, 2.24) is 15.0 Å². The zero-order valence-corrected chi connectivity index (χ0v) is 6.88. The molecule has 2 rings (SSSR count). The molecular formula is C8H13N3. The monoisotopic (exact) mass is 151 g/mol. The van der Waals surface area contributed by atoms with E-state index in [1.54, 1.807) is 0 Å². The van der Waals surface area contributed by atoms with Crippen LogP contribution in [-0.4, -0.2) is 15.0 Å². The highest BCUT2D eigenvalue weighted by atomic mass is 15.4. The standard InChI is InChI=1S/C8H13N3/c1-2-11-8-6-4-3-5-7(8)9-10-11/h2-6H2,1H3. The van der Waals surface area contributed by atoms with E-state index in [9.17, 15) is 0 Å². The van der Waals surface area contributed by atoms with E-state index < -0.39 is 0 Å². The molecule has 0 spiro atoms. The Bertz CT molecular complexity index is 238. The van der Waals surface area contributed by atoms with Crippen LogP contribution in [0.5, 0.6) is 0 Å². The zero-order valence-electron chi connectivity index (χ0n) is 6.88. The summed E-state index contributed by atoms with van der Waals surface area (Å²) < 4.78 is 2.02. The molecule has 0 fully saturated rings. The first-order chi connectivity index (χ1) is 5.42. The maximum Gasteiger partial charge on any atom is 0.0859 e. The average molecular weight is 151 g/mol. The molecule has 0 atom stereocenters. The van der Waals surface area contributed by atoms with Crippen molar-refractivity contribution in [2.24, 2.45) is 0 Å². The van der Waals surface area contributed by atoms with Gasteiger partial charge < -0.3 is 0 Å². The minimum Gasteiger partial charge on any atom is -0.249 e. The fourth-order valence-electron chi connectivity index (χ4n) is 1.68. The van der Waals surface area contributed by atoms with Crippen LogP contribution in [0.2, 0.25) is 0 Å². The van der Waals surface area contributed by atoms with E-state index in [-0.39, 0.29) is 0 Å². The molecule has 0 saturated carbocycles. The van der Waals surface area contributed by atoms with Gasteiger partial charge in [-0.05, 0) is 32.6 Å². The highest BCUT2D eigenvalue weighted by Gasteiger charge is 2.14. The topological polar surface area (TPSA) is 30.7 Å². The van der Waals surface area contributed by atoms with Gasteiger partial charge in [0, 0.05) is 6.54 Å². The molecule has 1 aliphatic carbocycles. The molecule has 60 valence electrons. The molecule has 0 aliphatic heterocycles. The average Bonchev–Trinajstić information content (AvgIpc) is 2.47. The number of aryl methyl sites for hydroxylation is 2. The third kappa shape index (κ3) is 1.04. The minimum atomic E-state index is 0.961. The molecule has 0 aromatic carbocycles. The molecule has 11 heavy (non-hydrogen) atoms. The van der Waals surface area contributed by atoms with Crippen LogP contribution in [-0.2, 0) is 19.4 Å². The van der Waals surface area contributed by atoms with Crippen molar-refractivity contribution >= 4 is 0 Å². The summed E-state index contributed by atoms with van der Waals surface area (Å²) in [5, 5.41) is 8.22. The lowest BCUT2D eigenvalue weighted by Crippen LogP contribution is -2.07. The van der Waals surface area contributed by atoms with Crippen molar-refractivity contribution < 1.29 is 0 Å². The van der Waals surface area contributed by atoms with Gasteiger partial charge in [-0.2, -0.15) is 0 Å². The molecule has 1 heterocycles. The summed E-state index contributed by atoms with van der Waals surface area (Å²) in [5.74, 6) is 0. The second-order valence-electron chi connectivity index (χ2n) is 3.01. The Kier molecular flexibility index (Phi) is 1.64. The first-order valence-electron chi connectivity index (χ1n) is 4.33. The third-order valence-electron chi connectivity index (χ3n) is 2.29. The van der Waals surface area contributed by atoms with E-state index in [1.807, 2.05) is 4.68 Å². The van der Waals surface area contributed by atoms with E-state index in [0.29, 0.717) is 0 Å². The van der Waals surface area contributed by atoms with Gasteiger partial charge >= 0.3 is 0 Å². The van der Waals surface area contributed by atoms with E-state index in [0.717, 1.165) is 13.0 Å². The van der Waals surface area contributed by atoms with E-state index in [2.05, 4.69) is 17.2 Å². The van der Waals surface area contributed by atoms with E-state index >= 15 is 0 Å². The minimum absolute atomic E-state index is 0.961. The van der Waals surface area contributed by atoms with Crippen LogP contribution in [0.15, 0.2) is 0 Å². The van der Waals surface area contributed by atoms with Gasteiger partial charge in [-0.25, -0.2) is 4.68 Å². The van der Waals surface area contributed by atoms with Gasteiger partial charge in [0.15, 0.2) is 0 Å². The van der Waals surface area contributed by atoms with Crippen LogP contribution < -0.4 is 0 Å². The van der Waals surface area contributed by atoms with Crippen LogP contribution in [0.4, 0.5) is 0 Å². The molecule has 0 bridgehead atoms. The van der Waals surface area contributed by atoms with Gasteiger partial charge in [-0.1, -0.05) is 5.21 Å². The number of nitrogens with zero attached hydrogens (tertiary/aromatic N) is 3. The number of rotatable bonds is 1. The van der Waals surface area contributed by atoms with Crippen LogP contribution >= 0.6 is 0 Å². The fourth-order valence-corrected chi connectivity index (χ4v) is 1.68. The largest absolute Gasteiger partial charge is 0.249 e. The van der Waals surface area contributed by atoms with Crippen LogP contribution in [0, 0.1) is 0 Å². The molecule has 3 heteroatoms. The predicted molar refractivity (Wildman–Crippen MR) is 42.3 cm³/mol. The SMILES string of the molecule is CCn1nnc2c1CCCC2. The van der Waals surface area contributed by atoms with Crippen LogP contribution in [0.25, 0.3) is 0 Å². The number of hydrogen-bond donors (Lipinski definition) is 0. The summed E-state index contributed by atoms with van der Waals surface area (Å²) >= 11 is 0. The highest BCUT2D eigenvalue weighted by molar-refractivity contribution is 5.13. The lowest BCUT2D eigenvalue weighted by Gasteiger charge is -2.10. The van der Waals surface area contributed by atoms with Gasteiger partial charge in [0.2, 0.25) is 0 Å². The fraction of sp³-hybridized carbons (Fsp3) is 0.750. The van der Waals surface area contributed by atoms with Gasteiger partial charge in [0.1, 0.15) is 0 Å². The molecular weight excluding hydrogens is 138 g/mol. The van der Waals surface area contributed by atoms with Crippen LogP contribution in [0.1, 0.15) is 31.2 Å².